The number of amides is 1. The number of carbonyl (C=O) groups is 2. The van der Waals surface area contributed by atoms with E-state index in [4.69, 9.17) is 9.47 Å². The summed E-state index contributed by atoms with van der Waals surface area (Å²) in [6, 6.07) is 6.20. The number of hydrogen-bond donors (Lipinski definition) is 0. The standard InChI is InChI=1S/C20H30N2O4/c1-20(2,3)26-19(24)22-10-9-14(12-18(23)25-6)17-8-7-16(21(4)5)11-15(17)13-22/h7-8,11,14H,9-10,12-13H2,1-6H3. The van der Waals surface area contributed by atoms with E-state index >= 15 is 0 Å². The molecular formula is C20H30N2O4. The molecule has 1 atom stereocenters. The molecule has 0 radical (unpaired) electrons. The number of ether oxygens (including phenoxy) is 2. The van der Waals surface area contributed by atoms with Crippen LogP contribution in [0.5, 0.6) is 0 Å². The molecule has 0 N–H and O–H groups in total. The number of hydrogen-bond acceptors (Lipinski definition) is 5. The summed E-state index contributed by atoms with van der Waals surface area (Å²) in [5.74, 6) is -0.204. The highest BCUT2D eigenvalue weighted by atomic mass is 16.6. The Balaban J connectivity index is 2.33. The summed E-state index contributed by atoms with van der Waals surface area (Å²) in [7, 11) is 5.37. The first kappa shape index (κ1) is 20.1. The quantitative estimate of drug-likeness (QED) is 0.770. The number of esters is 1. The van der Waals surface area contributed by atoms with E-state index in [0.717, 1.165) is 16.8 Å². The lowest BCUT2D eigenvalue weighted by atomic mass is 9.89. The van der Waals surface area contributed by atoms with Crippen molar-refractivity contribution in [2.45, 2.75) is 51.7 Å². The van der Waals surface area contributed by atoms with E-state index in [2.05, 4.69) is 12.1 Å². The number of methoxy groups -OCH3 is 1. The first-order valence-electron chi connectivity index (χ1n) is 8.95. The van der Waals surface area contributed by atoms with Crippen molar-refractivity contribution >= 4 is 17.7 Å². The molecule has 1 aromatic carbocycles. The van der Waals surface area contributed by atoms with E-state index in [9.17, 15) is 9.59 Å². The molecule has 1 aromatic rings. The molecule has 0 saturated carbocycles. The molecule has 0 bridgehead atoms. The summed E-state index contributed by atoms with van der Waals surface area (Å²) in [5.41, 5.74) is 2.68. The number of nitrogens with zero attached hydrogens (tertiary/aromatic N) is 2. The van der Waals surface area contributed by atoms with Crippen molar-refractivity contribution < 1.29 is 19.1 Å². The van der Waals surface area contributed by atoms with Gasteiger partial charge in [0.1, 0.15) is 5.60 Å². The van der Waals surface area contributed by atoms with Gasteiger partial charge < -0.3 is 19.3 Å². The van der Waals surface area contributed by atoms with Crippen molar-refractivity contribution in [3.63, 3.8) is 0 Å². The lowest BCUT2D eigenvalue weighted by Gasteiger charge is -2.26. The van der Waals surface area contributed by atoms with Gasteiger partial charge in [0.2, 0.25) is 0 Å². The van der Waals surface area contributed by atoms with E-state index in [1.807, 2.05) is 45.8 Å². The molecule has 0 fully saturated rings. The number of benzene rings is 1. The predicted molar refractivity (Wildman–Crippen MR) is 101 cm³/mol. The van der Waals surface area contributed by atoms with E-state index in [0.29, 0.717) is 25.9 Å². The van der Waals surface area contributed by atoms with E-state index in [1.54, 1.807) is 4.90 Å². The number of carbonyl (C=O) groups excluding carboxylic acids is 2. The summed E-state index contributed by atoms with van der Waals surface area (Å²) in [5, 5.41) is 0. The van der Waals surface area contributed by atoms with Crippen molar-refractivity contribution in [3.8, 4) is 0 Å². The van der Waals surface area contributed by atoms with Crippen LogP contribution < -0.4 is 4.90 Å². The molecule has 2 rings (SSSR count). The Morgan fingerprint density at radius 2 is 1.96 bits per heavy atom. The Bertz CT molecular complexity index is 664. The first-order valence-corrected chi connectivity index (χ1v) is 8.95. The molecule has 144 valence electrons. The van der Waals surface area contributed by atoms with Gasteiger partial charge in [-0.3, -0.25) is 4.79 Å². The normalized spacial score (nSPS) is 17.2. The molecule has 6 nitrogen and oxygen atoms in total. The molecule has 0 saturated heterocycles. The van der Waals surface area contributed by atoms with E-state index in [1.165, 1.54) is 7.11 Å². The zero-order chi connectivity index (χ0) is 19.5. The lowest BCUT2D eigenvalue weighted by molar-refractivity contribution is -0.141. The Morgan fingerprint density at radius 1 is 1.27 bits per heavy atom. The highest BCUT2D eigenvalue weighted by molar-refractivity contribution is 5.71. The second kappa shape index (κ2) is 7.98. The van der Waals surface area contributed by atoms with Gasteiger partial charge in [0.15, 0.2) is 0 Å². The highest BCUT2D eigenvalue weighted by Gasteiger charge is 2.29. The average Bonchev–Trinajstić information content (AvgIpc) is 2.72. The van der Waals surface area contributed by atoms with E-state index < -0.39 is 5.60 Å². The SMILES string of the molecule is COC(=O)CC1CCN(C(=O)OC(C)(C)C)Cc2cc(N(C)C)ccc21. The monoisotopic (exact) mass is 362 g/mol. The molecule has 0 aliphatic carbocycles. The molecule has 1 amide bonds. The van der Waals surface area contributed by atoms with Crippen molar-refractivity contribution in [2.24, 2.45) is 0 Å². The van der Waals surface area contributed by atoms with Crippen LogP contribution in [0.4, 0.5) is 10.5 Å². The van der Waals surface area contributed by atoms with Crippen LogP contribution >= 0.6 is 0 Å². The van der Waals surface area contributed by atoms with Crippen molar-refractivity contribution in [2.75, 3.05) is 32.6 Å². The molecule has 1 unspecified atom stereocenters. The van der Waals surface area contributed by atoms with Gasteiger partial charge in [-0.05, 0) is 56.4 Å². The van der Waals surface area contributed by atoms with Gasteiger partial charge in [0, 0.05) is 32.9 Å². The predicted octanol–water partition coefficient (Wildman–Crippen LogP) is 3.54. The summed E-state index contributed by atoms with van der Waals surface area (Å²) in [6.45, 7) is 6.61. The summed E-state index contributed by atoms with van der Waals surface area (Å²) >= 11 is 0. The van der Waals surface area contributed by atoms with E-state index in [-0.39, 0.29) is 18.0 Å². The maximum absolute atomic E-state index is 12.6. The second-order valence-electron chi connectivity index (χ2n) is 7.95. The van der Waals surface area contributed by atoms with Crippen molar-refractivity contribution in [1.82, 2.24) is 4.90 Å². The Hall–Kier alpha value is -2.24. The third-order valence-electron chi connectivity index (χ3n) is 4.48. The topological polar surface area (TPSA) is 59.1 Å². The number of rotatable bonds is 3. The van der Waals surface area contributed by atoms with Crippen LogP contribution in [0.1, 0.15) is 50.7 Å². The third kappa shape index (κ3) is 5.13. The zero-order valence-electron chi connectivity index (χ0n) is 16.7. The van der Waals surface area contributed by atoms with Crippen molar-refractivity contribution in [3.05, 3.63) is 29.3 Å². The minimum Gasteiger partial charge on any atom is -0.469 e. The molecule has 26 heavy (non-hydrogen) atoms. The van der Waals surface area contributed by atoms with Crippen LogP contribution in [0.15, 0.2) is 18.2 Å². The summed E-state index contributed by atoms with van der Waals surface area (Å²) in [6.07, 6.45) is 0.688. The molecule has 0 aromatic heterocycles. The fourth-order valence-corrected chi connectivity index (χ4v) is 3.14. The van der Waals surface area contributed by atoms with Crippen LogP contribution in [-0.2, 0) is 20.8 Å². The first-order chi connectivity index (χ1) is 12.1. The van der Waals surface area contributed by atoms with Crippen LogP contribution in [-0.4, -0.2) is 50.3 Å². The zero-order valence-corrected chi connectivity index (χ0v) is 16.7. The van der Waals surface area contributed by atoms with Gasteiger partial charge >= 0.3 is 12.1 Å². The fourth-order valence-electron chi connectivity index (χ4n) is 3.14. The molecular weight excluding hydrogens is 332 g/mol. The molecule has 1 heterocycles. The van der Waals surface area contributed by atoms with Gasteiger partial charge in [0.05, 0.1) is 13.5 Å². The largest absolute Gasteiger partial charge is 0.469 e. The highest BCUT2D eigenvalue weighted by Crippen LogP contribution is 2.34. The van der Waals surface area contributed by atoms with Gasteiger partial charge in [-0.15, -0.1) is 0 Å². The molecule has 1 aliphatic rings. The fraction of sp³-hybridized carbons (Fsp3) is 0.600. The number of anilines is 1. The van der Waals surface area contributed by atoms with Gasteiger partial charge in [-0.1, -0.05) is 6.07 Å². The molecule has 0 spiro atoms. The summed E-state index contributed by atoms with van der Waals surface area (Å²) in [4.78, 5) is 28.2. The summed E-state index contributed by atoms with van der Waals surface area (Å²) < 4.78 is 10.4. The Morgan fingerprint density at radius 3 is 2.54 bits per heavy atom. The maximum atomic E-state index is 12.6. The van der Waals surface area contributed by atoms with Crippen LogP contribution in [0.2, 0.25) is 0 Å². The van der Waals surface area contributed by atoms with Crippen LogP contribution in [0.3, 0.4) is 0 Å². The Kier molecular flexibility index (Phi) is 6.16. The van der Waals surface area contributed by atoms with Crippen LogP contribution in [0.25, 0.3) is 0 Å². The Labute approximate surface area is 156 Å². The van der Waals surface area contributed by atoms with Crippen molar-refractivity contribution in [1.29, 1.82) is 0 Å². The number of fused-ring (bicyclic) bond motifs is 1. The van der Waals surface area contributed by atoms with Crippen LogP contribution in [0, 0.1) is 0 Å². The maximum Gasteiger partial charge on any atom is 0.410 e. The average molecular weight is 362 g/mol. The van der Waals surface area contributed by atoms with Gasteiger partial charge in [-0.2, -0.15) is 0 Å². The van der Waals surface area contributed by atoms with Gasteiger partial charge in [0.25, 0.3) is 0 Å². The smallest absolute Gasteiger partial charge is 0.410 e. The lowest BCUT2D eigenvalue weighted by Crippen LogP contribution is -2.36. The molecule has 1 aliphatic heterocycles. The minimum absolute atomic E-state index is 0.0288. The molecule has 6 heteroatoms. The second-order valence-corrected chi connectivity index (χ2v) is 7.95. The third-order valence-corrected chi connectivity index (χ3v) is 4.48. The minimum atomic E-state index is -0.539. The van der Waals surface area contributed by atoms with Gasteiger partial charge in [-0.25, -0.2) is 4.79 Å².